The van der Waals surface area contributed by atoms with Gasteiger partial charge in [-0.05, 0) is 12.1 Å². The average Bonchev–Trinajstić information content (AvgIpc) is 2.32. The summed E-state index contributed by atoms with van der Waals surface area (Å²) >= 11 is 0. The van der Waals surface area contributed by atoms with E-state index in [0.717, 1.165) is 6.07 Å². The van der Waals surface area contributed by atoms with Crippen LogP contribution in [0.2, 0.25) is 0 Å². The van der Waals surface area contributed by atoms with Gasteiger partial charge in [0.2, 0.25) is 10.0 Å². The smallest absolute Gasteiger partial charge is 0.487 e. The highest BCUT2D eigenvalue weighted by atomic mass is 32.2. The molecule has 6 nitrogen and oxygen atoms in total. The van der Waals surface area contributed by atoms with Crippen LogP contribution in [-0.4, -0.2) is 40.4 Å². The van der Waals surface area contributed by atoms with E-state index < -0.39 is 22.1 Å². The van der Waals surface area contributed by atoms with Crippen molar-refractivity contribution >= 4 is 10.0 Å². The Morgan fingerprint density at radius 2 is 1.67 bits per heavy atom. The highest BCUT2D eigenvalue weighted by molar-refractivity contribution is 7.89. The van der Waals surface area contributed by atoms with Gasteiger partial charge in [0.15, 0.2) is 11.5 Å². The van der Waals surface area contributed by atoms with E-state index in [1.165, 1.54) is 18.2 Å². The molecular weight excluding hydrogens is 315 g/mol. The summed E-state index contributed by atoms with van der Waals surface area (Å²) in [6.07, 6.45) is -4.81. The first-order valence-electron chi connectivity index (χ1n) is 5.73. The van der Waals surface area contributed by atoms with Gasteiger partial charge in [-0.15, -0.1) is 13.2 Å². The van der Waals surface area contributed by atoms with Crippen LogP contribution in [0, 0.1) is 0 Å². The van der Waals surface area contributed by atoms with Gasteiger partial charge >= 0.3 is 6.36 Å². The van der Waals surface area contributed by atoms with Crippen molar-refractivity contribution in [3.05, 3.63) is 24.3 Å². The average molecular weight is 329 g/mol. The molecule has 1 aromatic rings. The zero-order valence-corrected chi connectivity index (χ0v) is 11.6. The number of ether oxygens (including phenoxy) is 3. The number of nitrogens with two attached hydrogens (primary N) is 1. The molecule has 21 heavy (non-hydrogen) atoms. The molecule has 0 fully saturated rings. The molecule has 1 rings (SSSR count). The number of para-hydroxylation sites is 2. The minimum atomic E-state index is -4.81. The zero-order valence-electron chi connectivity index (χ0n) is 10.8. The SMILES string of the molecule is NS(=O)(=O)CCOCCOc1ccccc1OC(F)(F)F. The summed E-state index contributed by atoms with van der Waals surface area (Å²) in [7, 11) is -3.60. The van der Waals surface area contributed by atoms with E-state index in [4.69, 9.17) is 14.6 Å². The number of sulfonamides is 1. The minimum absolute atomic E-state index is 0.00410. The van der Waals surface area contributed by atoms with Crippen molar-refractivity contribution in [1.82, 2.24) is 0 Å². The van der Waals surface area contributed by atoms with Gasteiger partial charge in [0.05, 0.1) is 19.0 Å². The predicted octanol–water partition coefficient (Wildman–Crippen LogP) is 1.27. The van der Waals surface area contributed by atoms with Crippen LogP contribution in [0.4, 0.5) is 13.2 Å². The van der Waals surface area contributed by atoms with Gasteiger partial charge < -0.3 is 14.2 Å². The molecule has 2 N–H and O–H groups in total. The third-order valence-corrected chi connectivity index (χ3v) is 2.81. The molecule has 0 radical (unpaired) electrons. The van der Waals surface area contributed by atoms with Gasteiger partial charge in [0.1, 0.15) is 6.61 Å². The second-order valence-electron chi connectivity index (χ2n) is 3.82. The fourth-order valence-electron chi connectivity index (χ4n) is 1.27. The van der Waals surface area contributed by atoms with E-state index >= 15 is 0 Å². The zero-order chi connectivity index (χ0) is 15.9. The first kappa shape index (κ1) is 17.5. The Labute approximate surface area is 119 Å². The van der Waals surface area contributed by atoms with Gasteiger partial charge in [0.25, 0.3) is 0 Å². The largest absolute Gasteiger partial charge is 0.573 e. The third kappa shape index (κ3) is 8.38. The Kier molecular flexibility index (Phi) is 6.24. The Bertz CT molecular complexity index is 547. The van der Waals surface area contributed by atoms with Crippen molar-refractivity contribution in [3.63, 3.8) is 0 Å². The van der Waals surface area contributed by atoms with Gasteiger partial charge in [0, 0.05) is 0 Å². The fraction of sp³-hybridized carbons (Fsp3) is 0.455. The van der Waals surface area contributed by atoms with Crippen LogP contribution in [0.1, 0.15) is 0 Å². The molecule has 0 aromatic heterocycles. The number of benzene rings is 1. The van der Waals surface area contributed by atoms with Crippen LogP contribution in [-0.2, 0) is 14.8 Å². The molecule has 0 aliphatic heterocycles. The van der Waals surface area contributed by atoms with E-state index in [0.29, 0.717) is 0 Å². The van der Waals surface area contributed by atoms with Gasteiger partial charge in [-0.3, -0.25) is 0 Å². The van der Waals surface area contributed by atoms with Gasteiger partial charge in [-0.2, -0.15) is 0 Å². The highest BCUT2D eigenvalue weighted by Crippen LogP contribution is 2.31. The quantitative estimate of drug-likeness (QED) is 0.726. The maximum Gasteiger partial charge on any atom is 0.573 e. The van der Waals surface area contributed by atoms with Crippen molar-refractivity contribution in [2.24, 2.45) is 5.14 Å². The monoisotopic (exact) mass is 329 g/mol. The van der Waals surface area contributed by atoms with E-state index in [9.17, 15) is 21.6 Å². The van der Waals surface area contributed by atoms with Gasteiger partial charge in [-0.1, -0.05) is 12.1 Å². The number of halogens is 3. The molecule has 0 aliphatic rings. The lowest BCUT2D eigenvalue weighted by atomic mass is 10.3. The van der Waals surface area contributed by atoms with E-state index in [2.05, 4.69) is 4.74 Å². The van der Waals surface area contributed by atoms with Crippen LogP contribution in [0.15, 0.2) is 24.3 Å². The first-order chi connectivity index (χ1) is 9.67. The topological polar surface area (TPSA) is 87.9 Å². The molecule has 0 spiro atoms. The van der Waals surface area contributed by atoms with Crippen molar-refractivity contribution in [1.29, 1.82) is 0 Å². The maximum atomic E-state index is 12.2. The van der Waals surface area contributed by atoms with Crippen LogP contribution < -0.4 is 14.6 Å². The first-order valence-corrected chi connectivity index (χ1v) is 7.45. The highest BCUT2D eigenvalue weighted by Gasteiger charge is 2.32. The number of rotatable bonds is 8. The number of hydrogen-bond acceptors (Lipinski definition) is 5. The Balaban J connectivity index is 2.38. The van der Waals surface area contributed by atoms with E-state index in [1.807, 2.05) is 0 Å². The van der Waals surface area contributed by atoms with Crippen molar-refractivity contribution in [2.45, 2.75) is 6.36 Å². The molecule has 1 aromatic carbocycles. The Morgan fingerprint density at radius 1 is 1.05 bits per heavy atom. The number of primary sulfonamides is 1. The molecule has 120 valence electrons. The molecule has 0 unspecified atom stereocenters. The molecular formula is C11H14F3NO5S. The summed E-state index contributed by atoms with van der Waals surface area (Å²) in [4.78, 5) is 0. The summed E-state index contributed by atoms with van der Waals surface area (Å²) in [5, 5.41) is 4.76. The van der Waals surface area contributed by atoms with Crippen LogP contribution >= 0.6 is 0 Å². The predicted molar refractivity (Wildman–Crippen MR) is 67.4 cm³/mol. The third-order valence-electron chi connectivity index (χ3n) is 2.07. The lowest BCUT2D eigenvalue weighted by Crippen LogP contribution is -2.21. The lowest BCUT2D eigenvalue weighted by molar-refractivity contribution is -0.275. The summed E-state index contributed by atoms with van der Waals surface area (Å²) in [6, 6.07) is 5.28. The minimum Gasteiger partial charge on any atom is -0.487 e. The van der Waals surface area contributed by atoms with Crippen molar-refractivity contribution in [2.75, 3.05) is 25.6 Å². The normalized spacial score (nSPS) is 12.2. The summed E-state index contributed by atoms with van der Waals surface area (Å²) in [5.41, 5.74) is 0. The van der Waals surface area contributed by atoms with Gasteiger partial charge in [-0.25, -0.2) is 13.6 Å². The summed E-state index contributed by atoms with van der Waals surface area (Å²) in [5.74, 6) is -0.903. The van der Waals surface area contributed by atoms with E-state index in [1.54, 1.807) is 0 Å². The Morgan fingerprint density at radius 3 is 2.24 bits per heavy atom. The molecule has 0 bridgehead atoms. The Hall–Kier alpha value is -1.52. The van der Waals surface area contributed by atoms with Crippen molar-refractivity contribution < 1.29 is 35.8 Å². The van der Waals surface area contributed by atoms with E-state index in [-0.39, 0.29) is 31.3 Å². The molecule has 0 atom stereocenters. The standard InChI is InChI=1S/C11H14F3NO5S/c12-11(13,14)20-10-4-2-1-3-9(10)19-6-5-18-7-8-21(15,16)17/h1-4H,5-8H2,(H2,15,16,17). The molecule has 0 aliphatic carbocycles. The molecule has 0 heterocycles. The van der Waals surface area contributed by atoms with Crippen LogP contribution in [0.3, 0.4) is 0 Å². The van der Waals surface area contributed by atoms with Crippen LogP contribution in [0.25, 0.3) is 0 Å². The fourth-order valence-corrected chi connectivity index (χ4v) is 1.62. The van der Waals surface area contributed by atoms with Crippen LogP contribution in [0.5, 0.6) is 11.5 Å². The summed E-state index contributed by atoms with van der Waals surface area (Å²) < 4.78 is 71.5. The number of hydrogen-bond donors (Lipinski definition) is 1. The number of alkyl halides is 3. The van der Waals surface area contributed by atoms with Crippen molar-refractivity contribution in [3.8, 4) is 11.5 Å². The maximum absolute atomic E-state index is 12.2. The molecule has 0 saturated carbocycles. The molecule has 10 heteroatoms. The second kappa shape index (κ2) is 7.48. The second-order valence-corrected chi connectivity index (χ2v) is 5.56. The summed E-state index contributed by atoms with van der Waals surface area (Å²) in [6.45, 7) is -0.193. The lowest BCUT2D eigenvalue weighted by Gasteiger charge is -2.13. The molecule has 0 amide bonds. The molecule has 0 saturated heterocycles.